The standard InChI is InChI=1S/C21H25ClN2O4S/c1-15-12-18(13-16(2)21(15)22)28-14-20(25)23-17-6-8-19(9-7-17)29(26,27)24-10-4-3-5-11-24/h6-9,12-13H,3-5,10-11,14H2,1-2H3,(H,23,25). The molecule has 1 aliphatic rings. The molecule has 0 atom stereocenters. The minimum Gasteiger partial charge on any atom is -0.484 e. The minimum atomic E-state index is -3.48. The molecule has 0 saturated carbocycles. The highest BCUT2D eigenvalue weighted by Crippen LogP contribution is 2.26. The fourth-order valence-corrected chi connectivity index (χ4v) is 4.93. The Hall–Kier alpha value is -2.09. The zero-order chi connectivity index (χ0) is 21.0. The van der Waals surface area contributed by atoms with Crippen LogP contribution in [0.1, 0.15) is 30.4 Å². The molecular weight excluding hydrogens is 412 g/mol. The van der Waals surface area contributed by atoms with Gasteiger partial charge in [0.2, 0.25) is 10.0 Å². The molecule has 1 saturated heterocycles. The van der Waals surface area contributed by atoms with Gasteiger partial charge < -0.3 is 10.1 Å². The summed E-state index contributed by atoms with van der Waals surface area (Å²) >= 11 is 6.13. The average Bonchev–Trinajstić information content (AvgIpc) is 2.71. The summed E-state index contributed by atoms with van der Waals surface area (Å²) in [6.07, 6.45) is 2.84. The maximum absolute atomic E-state index is 12.7. The summed E-state index contributed by atoms with van der Waals surface area (Å²) in [5.74, 6) is 0.240. The lowest BCUT2D eigenvalue weighted by Crippen LogP contribution is -2.35. The topological polar surface area (TPSA) is 75.7 Å². The van der Waals surface area contributed by atoms with Gasteiger partial charge in [0.15, 0.2) is 6.61 Å². The molecular formula is C21H25ClN2O4S. The molecule has 1 amide bonds. The van der Waals surface area contributed by atoms with Crippen molar-refractivity contribution in [1.82, 2.24) is 4.31 Å². The van der Waals surface area contributed by atoms with Crippen LogP contribution in [-0.2, 0) is 14.8 Å². The van der Waals surface area contributed by atoms with Gasteiger partial charge in [0.25, 0.3) is 5.91 Å². The van der Waals surface area contributed by atoms with Gasteiger partial charge in [0, 0.05) is 23.8 Å². The zero-order valence-corrected chi connectivity index (χ0v) is 18.1. The number of sulfonamides is 1. The second-order valence-corrected chi connectivity index (χ2v) is 9.51. The van der Waals surface area contributed by atoms with Crippen LogP contribution >= 0.6 is 11.6 Å². The number of ether oxygens (including phenoxy) is 1. The third-order valence-corrected chi connectivity index (χ3v) is 7.38. The molecule has 8 heteroatoms. The highest BCUT2D eigenvalue weighted by atomic mass is 35.5. The van der Waals surface area contributed by atoms with E-state index in [1.807, 2.05) is 13.8 Å². The van der Waals surface area contributed by atoms with E-state index >= 15 is 0 Å². The Bertz CT molecular complexity index is 961. The van der Waals surface area contributed by atoms with Crippen LogP contribution in [0.25, 0.3) is 0 Å². The van der Waals surface area contributed by atoms with E-state index in [9.17, 15) is 13.2 Å². The number of hydrogen-bond acceptors (Lipinski definition) is 4. The summed E-state index contributed by atoms with van der Waals surface area (Å²) in [6, 6.07) is 9.78. The molecule has 0 radical (unpaired) electrons. The predicted octanol–water partition coefficient (Wildman–Crippen LogP) is 4.15. The Labute approximate surface area is 176 Å². The number of aryl methyl sites for hydroxylation is 2. The van der Waals surface area contributed by atoms with Gasteiger partial charge in [-0.1, -0.05) is 18.0 Å². The lowest BCUT2D eigenvalue weighted by atomic mass is 10.1. The molecule has 3 rings (SSSR count). The van der Waals surface area contributed by atoms with E-state index < -0.39 is 10.0 Å². The van der Waals surface area contributed by atoms with Gasteiger partial charge >= 0.3 is 0 Å². The van der Waals surface area contributed by atoms with Crippen molar-refractivity contribution < 1.29 is 17.9 Å². The normalized spacial score (nSPS) is 15.1. The van der Waals surface area contributed by atoms with E-state index in [2.05, 4.69) is 5.32 Å². The van der Waals surface area contributed by atoms with Crippen LogP contribution in [0.3, 0.4) is 0 Å². The maximum atomic E-state index is 12.7. The molecule has 0 bridgehead atoms. The first-order valence-electron chi connectivity index (χ1n) is 9.57. The second kappa shape index (κ2) is 9.15. The Morgan fingerprint density at radius 2 is 1.66 bits per heavy atom. The lowest BCUT2D eigenvalue weighted by Gasteiger charge is -2.25. The summed E-state index contributed by atoms with van der Waals surface area (Å²) in [4.78, 5) is 12.4. The SMILES string of the molecule is Cc1cc(OCC(=O)Nc2ccc(S(=O)(=O)N3CCCCC3)cc2)cc(C)c1Cl. The van der Waals surface area contributed by atoms with Crippen molar-refractivity contribution in [2.75, 3.05) is 25.0 Å². The first-order chi connectivity index (χ1) is 13.8. The number of piperidine rings is 1. The number of nitrogens with zero attached hydrogens (tertiary/aromatic N) is 1. The number of nitrogens with one attached hydrogen (secondary N) is 1. The van der Waals surface area contributed by atoms with E-state index in [0.717, 1.165) is 30.4 Å². The van der Waals surface area contributed by atoms with Crippen molar-refractivity contribution in [3.8, 4) is 5.75 Å². The van der Waals surface area contributed by atoms with Crippen LogP contribution in [-0.4, -0.2) is 38.3 Å². The molecule has 156 valence electrons. The monoisotopic (exact) mass is 436 g/mol. The quantitative estimate of drug-likeness (QED) is 0.738. The van der Waals surface area contributed by atoms with Gasteiger partial charge in [-0.2, -0.15) is 4.31 Å². The number of hydrogen-bond donors (Lipinski definition) is 1. The van der Waals surface area contributed by atoms with E-state index in [-0.39, 0.29) is 17.4 Å². The highest BCUT2D eigenvalue weighted by molar-refractivity contribution is 7.89. The molecule has 2 aromatic rings. The van der Waals surface area contributed by atoms with Crippen molar-refractivity contribution in [2.24, 2.45) is 0 Å². The molecule has 0 aromatic heterocycles. The Morgan fingerprint density at radius 1 is 1.07 bits per heavy atom. The highest BCUT2D eigenvalue weighted by Gasteiger charge is 2.25. The fourth-order valence-electron chi connectivity index (χ4n) is 3.30. The van der Waals surface area contributed by atoms with Crippen molar-refractivity contribution in [2.45, 2.75) is 38.0 Å². The average molecular weight is 437 g/mol. The first kappa shape index (κ1) is 21.6. The molecule has 0 aliphatic carbocycles. The summed E-state index contributed by atoms with van der Waals surface area (Å²) < 4.78 is 32.4. The van der Waals surface area contributed by atoms with Crippen LogP contribution < -0.4 is 10.1 Å². The number of carbonyl (C=O) groups excluding carboxylic acids is 1. The zero-order valence-electron chi connectivity index (χ0n) is 16.6. The van der Waals surface area contributed by atoms with Crippen LogP contribution in [0.5, 0.6) is 5.75 Å². The number of rotatable bonds is 6. The van der Waals surface area contributed by atoms with E-state index in [1.165, 1.54) is 16.4 Å². The van der Waals surface area contributed by atoms with E-state index in [0.29, 0.717) is 29.5 Å². The van der Waals surface area contributed by atoms with Gasteiger partial charge in [-0.3, -0.25) is 4.79 Å². The van der Waals surface area contributed by atoms with Gasteiger partial charge in [-0.25, -0.2) is 8.42 Å². The molecule has 0 unspecified atom stereocenters. The minimum absolute atomic E-state index is 0.158. The second-order valence-electron chi connectivity index (χ2n) is 7.20. The van der Waals surface area contributed by atoms with Gasteiger partial charge in [0.05, 0.1) is 4.90 Å². The summed E-state index contributed by atoms with van der Waals surface area (Å²) in [5.41, 5.74) is 2.28. The van der Waals surface area contributed by atoms with Gasteiger partial charge in [0.1, 0.15) is 5.75 Å². The fraction of sp³-hybridized carbons (Fsp3) is 0.381. The molecule has 1 N–H and O–H groups in total. The number of anilines is 1. The van der Waals surface area contributed by atoms with E-state index in [4.69, 9.17) is 16.3 Å². The van der Waals surface area contributed by atoms with Crippen LogP contribution in [0.2, 0.25) is 5.02 Å². The van der Waals surface area contributed by atoms with Crippen molar-refractivity contribution >= 4 is 33.2 Å². The van der Waals surface area contributed by atoms with Crippen molar-refractivity contribution in [3.05, 3.63) is 52.5 Å². The summed E-state index contributed by atoms with van der Waals surface area (Å²) in [7, 11) is -3.48. The Balaban J connectivity index is 1.58. The van der Waals surface area contributed by atoms with Gasteiger partial charge in [-0.15, -0.1) is 0 Å². The number of carbonyl (C=O) groups is 1. The third kappa shape index (κ3) is 5.29. The maximum Gasteiger partial charge on any atom is 0.262 e. The van der Waals surface area contributed by atoms with Gasteiger partial charge in [-0.05, 0) is 74.2 Å². The van der Waals surface area contributed by atoms with Crippen molar-refractivity contribution in [1.29, 1.82) is 0 Å². The number of benzene rings is 2. The summed E-state index contributed by atoms with van der Waals surface area (Å²) in [6.45, 7) is 4.71. The molecule has 0 spiro atoms. The first-order valence-corrected chi connectivity index (χ1v) is 11.4. The third-order valence-electron chi connectivity index (χ3n) is 4.87. The van der Waals surface area contributed by atoms with Crippen LogP contribution in [0.4, 0.5) is 5.69 Å². The molecule has 2 aromatic carbocycles. The van der Waals surface area contributed by atoms with Crippen LogP contribution in [0, 0.1) is 13.8 Å². The molecule has 29 heavy (non-hydrogen) atoms. The summed E-state index contributed by atoms with van der Waals surface area (Å²) in [5, 5.41) is 3.39. The predicted molar refractivity (Wildman–Crippen MR) is 114 cm³/mol. The smallest absolute Gasteiger partial charge is 0.262 e. The largest absolute Gasteiger partial charge is 0.484 e. The lowest BCUT2D eigenvalue weighted by molar-refractivity contribution is -0.118. The Morgan fingerprint density at radius 3 is 2.24 bits per heavy atom. The van der Waals surface area contributed by atoms with Crippen LogP contribution in [0.15, 0.2) is 41.3 Å². The Kier molecular flexibility index (Phi) is 6.82. The molecule has 1 heterocycles. The number of amides is 1. The molecule has 1 aliphatic heterocycles. The van der Waals surface area contributed by atoms with Crippen molar-refractivity contribution in [3.63, 3.8) is 0 Å². The molecule has 1 fully saturated rings. The van der Waals surface area contributed by atoms with E-state index in [1.54, 1.807) is 24.3 Å². The number of halogens is 1. The molecule has 6 nitrogen and oxygen atoms in total.